The molecule has 2 nitrogen and oxygen atoms in total. The number of benzene rings is 2. The van der Waals surface area contributed by atoms with E-state index < -0.39 is 0 Å². The second kappa shape index (κ2) is 6.33. The van der Waals surface area contributed by atoms with Gasteiger partial charge in [-0.2, -0.15) is 0 Å². The summed E-state index contributed by atoms with van der Waals surface area (Å²) in [4.78, 5) is 12.0. The Balaban J connectivity index is 1.95. The van der Waals surface area contributed by atoms with Crippen LogP contribution < -0.4 is 5.73 Å². The molecule has 0 radical (unpaired) electrons. The standard InChI is InChI=1S/C17H18FNO/c1-12(14-5-7-16(19)8-6-14)9-17(20)11-13-3-2-4-15(18)10-13/h2-8,10,12H,9,11,19H2,1H3. The molecule has 0 saturated heterocycles. The van der Waals surface area contributed by atoms with Gasteiger partial charge in [0.05, 0.1) is 0 Å². The average Bonchev–Trinajstić information content (AvgIpc) is 2.39. The molecule has 0 amide bonds. The molecule has 3 heteroatoms. The highest BCUT2D eigenvalue weighted by molar-refractivity contribution is 5.81. The lowest BCUT2D eigenvalue weighted by Gasteiger charge is -2.11. The molecule has 2 aromatic rings. The molecule has 0 aromatic heterocycles. The molecule has 0 bridgehead atoms. The first kappa shape index (κ1) is 14.3. The molecule has 0 aliphatic rings. The second-order valence-electron chi connectivity index (χ2n) is 5.12. The van der Waals surface area contributed by atoms with Crippen molar-refractivity contribution in [2.75, 3.05) is 5.73 Å². The highest BCUT2D eigenvalue weighted by Gasteiger charge is 2.12. The second-order valence-corrected chi connectivity index (χ2v) is 5.12. The first-order chi connectivity index (χ1) is 9.54. The van der Waals surface area contributed by atoms with Gasteiger partial charge < -0.3 is 5.73 Å². The minimum absolute atomic E-state index is 0.111. The van der Waals surface area contributed by atoms with E-state index in [2.05, 4.69) is 0 Å². The van der Waals surface area contributed by atoms with Crippen molar-refractivity contribution in [3.63, 3.8) is 0 Å². The summed E-state index contributed by atoms with van der Waals surface area (Å²) in [5, 5.41) is 0. The van der Waals surface area contributed by atoms with Crippen molar-refractivity contribution >= 4 is 11.5 Å². The fourth-order valence-electron chi connectivity index (χ4n) is 2.23. The van der Waals surface area contributed by atoms with Gasteiger partial charge in [-0.25, -0.2) is 4.39 Å². The summed E-state index contributed by atoms with van der Waals surface area (Å²) >= 11 is 0. The van der Waals surface area contributed by atoms with Gasteiger partial charge in [0.25, 0.3) is 0 Å². The maximum Gasteiger partial charge on any atom is 0.137 e. The zero-order chi connectivity index (χ0) is 14.5. The van der Waals surface area contributed by atoms with Crippen LogP contribution in [-0.4, -0.2) is 5.78 Å². The van der Waals surface area contributed by atoms with Crippen molar-refractivity contribution in [1.82, 2.24) is 0 Å². The third-order valence-electron chi connectivity index (χ3n) is 3.33. The SMILES string of the molecule is CC(CC(=O)Cc1cccc(F)c1)c1ccc(N)cc1. The lowest BCUT2D eigenvalue weighted by molar-refractivity contribution is -0.118. The molecular weight excluding hydrogens is 253 g/mol. The maximum absolute atomic E-state index is 13.1. The van der Waals surface area contributed by atoms with E-state index >= 15 is 0 Å². The van der Waals surface area contributed by atoms with Crippen LogP contribution in [0.2, 0.25) is 0 Å². The van der Waals surface area contributed by atoms with Crippen molar-refractivity contribution in [3.8, 4) is 0 Å². The molecule has 1 unspecified atom stereocenters. The predicted octanol–water partition coefficient (Wildman–Crippen LogP) is 3.71. The summed E-state index contributed by atoms with van der Waals surface area (Å²) in [5.74, 6) is -0.0570. The molecule has 2 N–H and O–H groups in total. The Kier molecular flexibility index (Phi) is 4.51. The number of Topliss-reactive ketones (excluding diaryl/α,β-unsaturated/α-hetero) is 1. The summed E-state index contributed by atoms with van der Waals surface area (Å²) in [6.45, 7) is 2.01. The summed E-state index contributed by atoms with van der Waals surface area (Å²) in [6.07, 6.45) is 0.720. The van der Waals surface area contributed by atoms with Crippen LogP contribution in [-0.2, 0) is 11.2 Å². The molecule has 0 saturated carbocycles. The van der Waals surface area contributed by atoms with E-state index in [1.54, 1.807) is 12.1 Å². The first-order valence-electron chi connectivity index (χ1n) is 6.66. The lowest BCUT2D eigenvalue weighted by Crippen LogP contribution is -2.07. The van der Waals surface area contributed by atoms with Gasteiger partial charge in [0.15, 0.2) is 0 Å². The minimum atomic E-state index is -0.304. The quantitative estimate of drug-likeness (QED) is 0.842. The Morgan fingerprint density at radius 2 is 1.90 bits per heavy atom. The molecule has 0 aliphatic heterocycles. The van der Waals surface area contributed by atoms with Gasteiger partial charge in [-0.15, -0.1) is 0 Å². The molecule has 2 aromatic carbocycles. The first-order valence-corrected chi connectivity index (χ1v) is 6.66. The van der Waals surface area contributed by atoms with Gasteiger partial charge in [0.2, 0.25) is 0 Å². The number of ketones is 1. The number of hydrogen-bond acceptors (Lipinski definition) is 2. The van der Waals surface area contributed by atoms with Crippen molar-refractivity contribution in [3.05, 3.63) is 65.5 Å². The van der Waals surface area contributed by atoms with Crippen molar-refractivity contribution in [2.45, 2.75) is 25.7 Å². The van der Waals surface area contributed by atoms with E-state index in [1.165, 1.54) is 12.1 Å². The van der Waals surface area contributed by atoms with E-state index in [9.17, 15) is 9.18 Å². The van der Waals surface area contributed by atoms with Crippen LogP contribution in [0.15, 0.2) is 48.5 Å². The smallest absolute Gasteiger partial charge is 0.137 e. The van der Waals surface area contributed by atoms with Crippen molar-refractivity contribution in [1.29, 1.82) is 0 Å². The largest absolute Gasteiger partial charge is 0.399 e. The molecule has 104 valence electrons. The molecular formula is C17H18FNO. The highest BCUT2D eigenvalue weighted by Crippen LogP contribution is 2.21. The zero-order valence-electron chi connectivity index (χ0n) is 11.5. The van der Waals surface area contributed by atoms with Crippen LogP contribution in [0.4, 0.5) is 10.1 Å². The van der Waals surface area contributed by atoms with Gasteiger partial charge in [-0.3, -0.25) is 4.79 Å². The molecule has 2 rings (SSSR count). The highest BCUT2D eigenvalue weighted by atomic mass is 19.1. The van der Waals surface area contributed by atoms with E-state index in [4.69, 9.17) is 5.73 Å². The summed E-state index contributed by atoms with van der Waals surface area (Å²) in [6, 6.07) is 13.7. The molecule has 20 heavy (non-hydrogen) atoms. The predicted molar refractivity (Wildman–Crippen MR) is 79.0 cm³/mol. The maximum atomic E-state index is 13.1. The normalized spacial score (nSPS) is 12.1. The number of carbonyl (C=O) groups excluding carboxylic acids is 1. The third kappa shape index (κ3) is 3.92. The topological polar surface area (TPSA) is 43.1 Å². The van der Waals surface area contributed by atoms with Gasteiger partial charge in [0, 0.05) is 18.5 Å². The molecule has 0 aliphatic carbocycles. The summed E-state index contributed by atoms with van der Waals surface area (Å²) < 4.78 is 13.1. The fourth-order valence-corrected chi connectivity index (χ4v) is 2.23. The number of halogens is 1. The Morgan fingerprint density at radius 1 is 1.20 bits per heavy atom. The van der Waals surface area contributed by atoms with E-state index in [0.717, 1.165) is 11.1 Å². The van der Waals surface area contributed by atoms with Crippen LogP contribution in [0.1, 0.15) is 30.4 Å². The van der Waals surface area contributed by atoms with Crippen LogP contribution in [0.3, 0.4) is 0 Å². The van der Waals surface area contributed by atoms with Gasteiger partial charge in [0.1, 0.15) is 11.6 Å². The number of rotatable bonds is 5. The van der Waals surface area contributed by atoms with Gasteiger partial charge in [-0.05, 0) is 41.3 Å². The Hall–Kier alpha value is -2.16. The van der Waals surface area contributed by atoms with E-state index in [1.807, 2.05) is 31.2 Å². The van der Waals surface area contributed by atoms with Gasteiger partial charge >= 0.3 is 0 Å². The van der Waals surface area contributed by atoms with Crippen LogP contribution in [0, 0.1) is 5.82 Å². The lowest BCUT2D eigenvalue weighted by atomic mass is 9.93. The molecule has 0 heterocycles. The van der Waals surface area contributed by atoms with E-state index in [0.29, 0.717) is 12.1 Å². The zero-order valence-corrected chi connectivity index (χ0v) is 11.5. The third-order valence-corrected chi connectivity index (χ3v) is 3.33. The number of anilines is 1. The van der Waals surface area contributed by atoms with Crippen LogP contribution >= 0.6 is 0 Å². The summed E-state index contributed by atoms with van der Waals surface area (Å²) in [7, 11) is 0. The number of carbonyl (C=O) groups is 1. The molecule has 0 fully saturated rings. The van der Waals surface area contributed by atoms with E-state index in [-0.39, 0.29) is 23.9 Å². The van der Waals surface area contributed by atoms with Gasteiger partial charge in [-0.1, -0.05) is 31.2 Å². The number of nitrogens with two attached hydrogens (primary N) is 1. The average molecular weight is 271 g/mol. The Bertz CT molecular complexity index is 592. The van der Waals surface area contributed by atoms with Crippen LogP contribution in [0.25, 0.3) is 0 Å². The molecule has 1 atom stereocenters. The van der Waals surface area contributed by atoms with Crippen molar-refractivity contribution < 1.29 is 9.18 Å². The number of nitrogen functional groups attached to an aromatic ring is 1. The Labute approximate surface area is 118 Å². The van der Waals surface area contributed by atoms with Crippen molar-refractivity contribution in [2.24, 2.45) is 0 Å². The number of hydrogen-bond donors (Lipinski definition) is 1. The minimum Gasteiger partial charge on any atom is -0.399 e. The Morgan fingerprint density at radius 3 is 2.55 bits per heavy atom. The summed E-state index contributed by atoms with van der Waals surface area (Å²) in [5.41, 5.74) is 8.17. The monoisotopic (exact) mass is 271 g/mol. The van der Waals surface area contributed by atoms with Crippen LogP contribution in [0.5, 0.6) is 0 Å². The molecule has 0 spiro atoms. The fraction of sp³-hybridized carbons (Fsp3) is 0.235.